The summed E-state index contributed by atoms with van der Waals surface area (Å²) in [7, 11) is 0. The zero-order chi connectivity index (χ0) is 9.42. The number of aromatic carboxylic acids is 1. The van der Waals surface area contributed by atoms with Crippen molar-refractivity contribution in [1.82, 2.24) is 9.55 Å². The number of hydrogen-bond acceptors (Lipinski definition) is 2. The summed E-state index contributed by atoms with van der Waals surface area (Å²) in [6, 6.07) is 0. The van der Waals surface area contributed by atoms with E-state index < -0.39 is 12.1 Å². The number of hydrogen-bond donors (Lipinski definition) is 1. The second kappa shape index (κ2) is 2.83. The molecule has 0 saturated heterocycles. The number of aromatic nitrogens is 2. The molecule has 1 aliphatic rings. The van der Waals surface area contributed by atoms with Gasteiger partial charge in [0, 0.05) is 12.7 Å². The van der Waals surface area contributed by atoms with E-state index in [1.807, 2.05) is 0 Å². The van der Waals surface area contributed by atoms with Gasteiger partial charge in [-0.05, 0) is 12.8 Å². The van der Waals surface area contributed by atoms with E-state index in [1.165, 1.54) is 6.20 Å². The van der Waals surface area contributed by atoms with E-state index in [-0.39, 0.29) is 11.5 Å². The van der Waals surface area contributed by atoms with Gasteiger partial charge >= 0.3 is 5.97 Å². The van der Waals surface area contributed by atoms with Crippen molar-refractivity contribution in [2.45, 2.75) is 25.6 Å². The molecule has 4 nitrogen and oxygen atoms in total. The van der Waals surface area contributed by atoms with Gasteiger partial charge in [0.2, 0.25) is 0 Å². The number of imidazole rings is 1. The number of carbonyl (C=O) groups is 1. The summed E-state index contributed by atoms with van der Waals surface area (Å²) in [4.78, 5) is 14.2. The van der Waals surface area contributed by atoms with E-state index in [0.717, 1.165) is 6.42 Å². The fraction of sp³-hybridized carbons (Fsp3) is 0.500. The second-order valence-corrected chi connectivity index (χ2v) is 3.09. The molecule has 0 amide bonds. The number of rotatable bonds is 1. The Labute approximate surface area is 74.0 Å². The van der Waals surface area contributed by atoms with Crippen molar-refractivity contribution in [3.8, 4) is 0 Å². The van der Waals surface area contributed by atoms with E-state index in [9.17, 15) is 9.18 Å². The van der Waals surface area contributed by atoms with E-state index in [4.69, 9.17) is 5.11 Å². The van der Waals surface area contributed by atoms with Crippen molar-refractivity contribution in [3.63, 3.8) is 0 Å². The highest BCUT2D eigenvalue weighted by atomic mass is 19.1. The van der Waals surface area contributed by atoms with Crippen molar-refractivity contribution < 1.29 is 14.3 Å². The minimum atomic E-state index is -1.11. The van der Waals surface area contributed by atoms with Crippen LogP contribution in [0.25, 0.3) is 0 Å². The van der Waals surface area contributed by atoms with E-state index >= 15 is 0 Å². The minimum Gasteiger partial charge on any atom is -0.476 e. The van der Waals surface area contributed by atoms with Crippen LogP contribution in [0.2, 0.25) is 0 Å². The monoisotopic (exact) mass is 184 g/mol. The maximum absolute atomic E-state index is 13.2. The lowest BCUT2D eigenvalue weighted by Gasteiger charge is -2.16. The quantitative estimate of drug-likeness (QED) is 0.717. The largest absolute Gasteiger partial charge is 0.476 e. The maximum Gasteiger partial charge on any atom is 0.356 e. The standard InChI is InChI=1S/C8H9FN2O2/c9-5-2-1-3-11-4-6(8(12)13)10-7(5)11/h4-5H,1-3H2,(H,12,13). The first-order valence-electron chi connectivity index (χ1n) is 4.13. The number of aryl methyl sites for hydroxylation is 1. The van der Waals surface area contributed by atoms with Crippen molar-refractivity contribution in [1.29, 1.82) is 0 Å². The number of halogens is 1. The van der Waals surface area contributed by atoms with Gasteiger partial charge in [0.05, 0.1) is 0 Å². The lowest BCUT2D eigenvalue weighted by molar-refractivity contribution is 0.0690. The summed E-state index contributed by atoms with van der Waals surface area (Å²) < 4.78 is 14.8. The van der Waals surface area contributed by atoms with Crippen molar-refractivity contribution in [3.05, 3.63) is 17.7 Å². The highest BCUT2D eigenvalue weighted by Crippen LogP contribution is 2.27. The molecule has 70 valence electrons. The SMILES string of the molecule is O=C(O)c1cn2c(n1)C(F)CCC2. The summed E-state index contributed by atoms with van der Waals surface area (Å²) in [6.07, 6.45) is 1.46. The van der Waals surface area contributed by atoms with Crippen LogP contribution in [0.4, 0.5) is 4.39 Å². The fourth-order valence-corrected chi connectivity index (χ4v) is 1.53. The third kappa shape index (κ3) is 1.30. The van der Waals surface area contributed by atoms with E-state index in [2.05, 4.69) is 4.98 Å². The van der Waals surface area contributed by atoms with Crippen LogP contribution in [0.1, 0.15) is 35.3 Å². The van der Waals surface area contributed by atoms with Crippen LogP contribution in [0, 0.1) is 0 Å². The Morgan fingerprint density at radius 3 is 3.15 bits per heavy atom. The molecule has 1 N–H and O–H groups in total. The Hall–Kier alpha value is -1.39. The molecule has 0 aliphatic carbocycles. The smallest absolute Gasteiger partial charge is 0.356 e. The first-order chi connectivity index (χ1) is 6.18. The first-order valence-corrected chi connectivity index (χ1v) is 4.13. The highest BCUT2D eigenvalue weighted by Gasteiger charge is 2.23. The molecule has 0 saturated carbocycles. The molecular weight excluding hydrogens is 175 g/mol. The molecule has 0 fully saturated rings. The Balaban J connectivity index is 2.42. The van der Waals surface area contributed by atoms with Gasteiger partial charge in [-0.3, -0.25) is 0 Å². The number of fused-ring (bicyclic) bond motifs is 1. The molecule has 1 atom stereocenters. The lowest BCUT2D eigenvalue weighted by Crippen LogP contribution is -2.12. The van der Waals surface area contributed by atoms with Gasteiger partial charge in [-0.2, -0.15) is 0 Å². The Kier molecular flexibility index (Phi) is 1.79. The normalized spacial score (nSPS) is 21.2. The van der Waals surface area contributed by atoms with E-state index in [1.54, 1.807) is 4.57 Å². The topological polar surface area (TPSA) is 55.1 Å². The molecule has 2 heterocycles. The fourth-order valence-electron chi connectivity index (χ4n) is 1.53. The van der Waals surface area contributed by atoms with Crippen LogP contribution in [0.5, 0.6) is 0 Å². The number of nitrogens with zero attached hydrogens (tertiary/aromatic N) is 2. The minimum absolute atomic E-state index is 0.0699. The average Bonchev–Trinajstić information content (AvgIpc) is 2.49. The van der Waals surface area contributed by atoms with Gasteiger partial charge in [-0.25, -0.2) is 14.2 Å². The zero-order valence-electron chi connectivity index (χ0n) is 6.90. The summed E-state index contributed by atoms with van der Waals surface area (Å²) in [5, 5.41) is 8.62. The van der Waals surface area contributed by atoms with Crippen LogP contribution in [-0.2, 0) is 6.54 Å². The molecule has 1 aromatic rings. The Morgan fingerprint density at radius 1 is 1.77 bits per heavy atom. The molecule has 13 heavy (non-hydrogen) atoms. The van der Waals surface area contributed by atoms with Gasteiger partial charge < -0.3 is 9.67 Å². The highest BCUT2D eigenvalue weighted by molar-refractivity contribution is 5.85. The zero-order valence-corrected chi connectivity index (χ0v) is 6.90. The summed E-state index contributed by atoms with van der Waals surface area (Å²) in [5.74, 6) is -0.849. The van der Waals surface area contributed by atoms with Crippen LogP contribution in [-0.4, -0.2) is 20.6 Å². The van der Waals surface area contributed by atoms with Crippen LogP contribution in [0.3, 0.4) is 0 Å². The summed E-state index contributed by atoms with van der Waals surface area (Å²) in [6.45, 7) is 0.663. The van der Waals surface area contributed by atoms with Gasteiger partial charge in [0.25, 0.3) is 0 Å². The Bertz CT molecular complexity index is 348. The second-order valence-electron chi connectivity index (χ2n) is 3.09. The number of carboxylic acid groups (broad SMARTS) is 1. The summed E-state index contributed by atoms with van der Waals surface area (Å²) >= 11 is 0. The van der Waals surface area contributed by atoms with Gasteiger partial charge in [-0.1, -0.05) is 0 Å². The molecule has 0 bridgehead atoms. The predicted molar refractivity (Wildman–Crippen MR) is 42.3 cm³/mol. The molecule has 0 spiro atoms. The Morgan fingerprint density at radius 2 is 2.54 bits per heavy atom. The first kappa shape index (κ1) is 8.22. The van der Waals surface area contributed by atoms with Crippen molar-refractivity contribution in [2.24, 2.45) is 0 Å². The van der Waals surface area contributed by atoms with Gasteiger partial charge in [0.15, 0.2) is 11.9 Å². The molecule has 1 aromatic heterocycles. The van der Waals surface area contributed by atoms with Gasteiger partial charge in [-0.15, -0.1) is 0 Å². The number of alkyl halides is 1. The average molecular weight is 184 g/mol. The van der Waals surface area contributed by atoms with Crippen LogP contribution < -0.4 is 0 Å². The molecule has 1 unspecified atom stereocenters. The molecule has 1 aliphatic heterocycles. The third-order valence-corrected chi connectivity index (χ3v) is 2.16. The number of carboxylic acids is 1. The molecule has 5 heteroatoms. The molecule has 0 radical (unpaired) electrons. The third-order valence-electron chi connectivity index (χ3n) is 2.16. The molecule has 2 rings (SSSR count). The molecular formula is C8H9FN2O2. The van der Waals surface area contributed by atoms with Crippen LogP contribution in [0.15, 0.2) is 6.20 Å². The predicted octanol–water partition coefficient (Wildman–Crippen LogP) is 1.39. The van der Waals surface area contributed by atoms with Crippen molar-refractivity contribution in [2.75, 3.05) is 0 Å². The van der Waals surface area contributed by atoms with Crippen molar-refractivity contribution >= 4 is 5.97 Å². The maximum atomic E-state index is 13.2. The lowest BCUT2D eigenvalue weighted by atomic mass is 10.1. The molecule has 0 aromatic carbocycles. The van der Waals surface area contributed by atoms with E-state index in [0.29, 0.717) is 13.0 Å². The van der Waals surface area contributed by atoms with Crippen LogP contribution >= 0.6 is 0 Å². The summed E-state index contributed by atoms with van der Waals surface area (Å²) in [5.41, 5.74) is -0.0699. The van der Waals surface area contributed by atoms with Gasteiger partial charge in [0.1, 0.15) is 5.82 Å².